The number of anilines is 1. The van der Waals surface area contributed by atoms with Crippen LogP contribution in [0.3, 0.4) is 0 Å². The van der Waals surface area contributed by atoms with Gasteiger partial charge in [-0.3, -0.25) is 9.59 Å². The summed E-state index contributed by atoms with van der Waals surface area (Å²) in [5.41, 5.74) is 2.77. The van der Waals surface area contributed by atoms with E-state index in [1.807, 2.05) is 17.9 Å². The molecule has 142 valence electrons. The SMILES string of the molecule is CCC1CCCCN1C(=O)c1ccc(C(=O)Nc2cc(Cl)ccc2C)cc1. The average Bonchev–Trinajstić information content (AvgIpc) is 2.70. The summed E-state index contributed by atoms with van der Waals surface area (Å²) in [7, 11) is 0. The van der Waals surface area contributed by atoms with Crippen molar-refractivity contribution < 1.29 is 9.59 Å². The maximum atomic E-state index is 12.8. The third-order valence-electron chi connectivity index (χ3n) is 5.20. The number of nitrogens with zero attached hydrogens (tertiary/aromatic N) is 1. The molecular formula is C22H25ClN2O2. The summed E-state index contributed by atoms with van der Waals surface area (Å²) in [6.07, 6.45) is 4.29. The molecule has 0 radical (unpaired) electrons. The van der Waals surface area contributed by atoms with Crippen LogP contribution in [-0.2, 0) is 0 Å². The second kappa shape index (κ2) is 8.57. The van der Waals surface area contributed by atoms with Gasteiger partial charge in [0, 0.05) is 34.4 Å². The van der Waals surface area contributed by atoms with E-state index in [1.54, 1.807) is 36.4 Å². The van der Waals surface area contributed by atoms with E-state index in [2.05, 4.69) is 12.2 Å². The van der Waals surface area contributed by atoms with Crippen LogP contribution in [0.5, 0.6) is 0 Å². The van der Waals surface area contributed by atoms with E-state index in [0.717, 1.165) is 31.4 Å². The largest absolute Gasteiger partial charge is 0.336 e. The van der Waals surface area contributed by atoms with Gasteiger partial charge in [0.1, 0.15) is 0 Å². The number of hydrogen-bond acceptors (Lipinski definition) is 2. The van der Waals surface area contributed by atoms with Crippen LogP contribution in [0.4, 0.5) is 5.69 Å². The van der Waals surface area contributed by atoms with E-state index in [0.29, 0.717) is 27.9 Å². The first-order chi connectivity index (χ1) is 13.0. The first-order valence-electron chi connectivity index (χ1n) is 9.48. The van der Waals surface area contributed by atoms with Gasteiger partial charge in [-0.05, 0) is 74.6 Å². The zero-order chi connectivity index (χ0) is 19.4. The highest BCUT2D eigenvalue weighted by Gasteiger charge is 2.26. The molecule has 27 heavy (non-hydrogen) atoms. The Morgan fingerprint density at radius 1 is 1.11 bits per heavy atom. The summed E-state index contributed by atoms with van der Waals surface area (Å²) in [6.45, 7) is 4.85. The van der Waals surface area contributed by atoms with Gasteiger partial charge in [0.25, 0.3) is 11.8 Å². The first kappa shape index (κ1) is 19.4. The number of likely N-dealkylation sites (tertiary alicyclic amines) is 1. The Morgan fingerprint density at radius 2 is 1.81 bits per heavy atom. The summed E-state index contributed by atoms with van der Waals surface area (Å²) >= 11 is 6.01. The highest BCUT2D eigenvalue weighted by atomic mass is 35.5. The van der Waals surface area contributed by atoms with Crippen molar-refractivity contribution in [1.29, 1.82) is 0 Å². The third kappa shape index (κ3) is 4.51. The van der Waals surface area contributed by atoms with Crippen LogP contribution in [0.2, 0.25) is 5.02 Å². The molecule has 0 spiro atoms. The quantitative estimate of drug-likeness (QED) is 0.776. The molecule has 0 aromatic heterocycles. The Morgan fingerprint density at radius 3 is 2.52 bits per heavy atom. The van der Waals surface area contributed by atoms with Gasteiger partial charge in [0.2, 0.25) is 0 Å². The number of halogens is 1. The van der Waals surface area contributed by atoms with Gasteiger partial charge < -0.3 is 10.2 Å². The van der Waals surface area contributed by atoms with E-state index in [-0.39, 0.29) is 11.8 Å². The van der Waals surface area contributed by atoms with Crippen molar-refractivity contribution in [3.63, 3.8) is 0 Å². The monoisotopic (exact) mass is 384 g/mol. The maximum absolute atomic E-state index is 12.8. The van der Waals surface area contributed by atoms with Crippen LogP contribution in [0.25, 0.3) is 0 Å². The van der Waals surface area contributed by atoms with E-state index in [9.17, 15) is 9.59 Å². The molecule has 1 saturated heterocycles. The number of nitrogens with one attached hydrogen (secondary N) is 1. The van der Waals surface area contributed by atoms with Gasteiger partial charge in [-0.2, -0.15) is 0 Å². The number of aryl methyl sites for hydroxylation is 1. The van der Waals surface area contributed by atoms with Crippen LogP contribution in [0.1, 0.15) is 58.9 Å². The van der Waals surface area contributed by atoms with Crippen LogP contribution < -0.4 is 5.32 Å². The summed E-state index contributed by atoms with van der Waals surface area (Å²) < 4.78 is 0. The topological polar surface area (TPSA) is 49.4 Å². The fourth-order valence-electron chi connectivity index (χ4n) is 3.55. The number of hydrogen-bond donors (Lipinski definition) is 1. The van der Waals surface area contributed by atoms with E-state index in [4.69, 9.17) is 11.6 Å². The molecule has 4 nitrogen and oxygen atoms in total. The van der Waals surface area contributed by atoms with Gasteiger partial charge in [-0.1, -0.05) is 24.6 Å². The Balaban J connectivity index is 1.71. The molecule has 0 saturated carbocycles. The average molecular weight is 385 g/mol. The number of carbonyl (C=O) groups is 2. The molecular weight excluding hydrogens is 360 g/mol. The van der Waals surface area contributed by atoms with Crippen LogP contribution in [0.15, 0.2) is 42.5 Å². The van der Waals surface area contributed by atoms with Crippen molar-refractivity contribution in [2.75, 3.05) is 11.9 Å². The molecule has 1 fully saturated rings. The lowest BCUT2D eigenvalue weighted by Crippen LogP contribution is -2.43. The second-order valence-electron chi connectivity index (χ2n) is 7.05. The van der Waals surface area contributed by atoms with Gasteiger partial charge in [-0.25, -0.2) is 0 Å². The Kier molecular flexibility index (Phi) is 6.17. The molecule has 3 rings (SSSR count). The predicted molar refractivity (Wildman–Crippen MR) is 110 cm³/mol. The minimum atomic E-state index is -0.219. The number of piperidine rings is 1. The van der Waals surface area contributed by atoms with Crippen molar-refractivity contribution in [2.45, 2.75) is 45.6 Å². The molecule has 1 heterocycles. The molecule has 1 atom stereocenters. The van der Waals surface area contributed by atoms with Crippen molar-refractivity contribution in [1.82, 2.24) is 4.90 Å². The van der Waals surface area contributed by atoms with E-state index in [1.165, 1.54) is 6.42 Å². The van der Waals surface area contributed by atoms with Gasteiger partial charge >= 0.3 is 0 Å². The Labute approximate surface area is 165 Å². The maximum Gasteiger partial charge on any atom is 0.255 e. The summed E-state index contributed by atoms with van der Waals surface area (Å²) in [4.78, 5) is 27.3. The van der Waals surface area contributed by atoms with Crippen LogP contribution >= 0.6 is 11.6 Å². The molecule has 0 bridgehead atoms. The lowest BCUT2D eigenvalue weighted by atomic mass is 9.98. The van der Waals surface area contributed by atoms with Gasteiger partial charge in [0.05, 0.1) is 0 Å². The summed E-state index contributed by atoms with van der Waals surface area (Å²) in [5.74, 6) is -0.164. The van der Waals surface area contributed by atoms with E-state index >= 15 is 0 Å². The Hall–Kier alpha value is -2.33. The van der Waals surface area contributed by atoms with Crippen LogP contribution in [0, 0.1) is 6.92 Å². The van der Waals surface area contributed by atoms with Gasteiger partial charge in [-0.15, -0.1) is 0 Å². The minimum absolute atomic E-state index is 0.0548. The molecule has 1 unspecified atom stereocenters. The Bertz CT molecular complexity index is 833. The van der Waals surface area contributed by atoms with Crippen molar-refractivity contribution in [2.24, 2.45) is 0 Å². The second-order valence-corrected chi connectivity index (χ2v) is 7.48. The minimum Gasteiger partial charge on any atom is -0.336 e. The lowest BCUT2D eigenvalue weighted by Gasteiger charge is -2.35. The fraction of sp³-hybridized carbons (Fsp3) is 0.364. The van der Waals surface area contributed by atoms with Crippen molar-refractivity contribution in [3.8, 4) is 0 Å². The molecule has 2 amide bonds. The number of amides is 2. The molecule has 1 aliphatic heterocycles. The molecule has 2 aromatic rings. The zero-order valence-corrected chi connectivity index (χ0v) is 16.6. The molecule has 5 heteroatoms. The zero-order valence-electron chi connectivity index (χ0n) is 15.8. The van der Waals surface area contributed by atoms with Gasteiger partial charge in [0.15, 0.2) is 0 Å². The molecule has 1 N–H and O–H groups in total. The standard InChI is InChI=1S/C22H25ClN2O2/c1-3-19-6-4-5-13-25(19)22(27)17-10-8-16(9-11-17)21(26)24-20-14-18(23)12-7-15(20)2/h7-12,14,19H,3-6,13H2,1-2H3,(H,24,26). The third-order valence-corrected chi connectivity index (χ3v) is 5.44. The number of rotatable bonds is 4. The normalized spacial score (nSPS) is 16.9. The molecule has 2 aromatic carbocycles. The highest BCUT2D eigenvalue weighted by Crippen LogP contribution is 2.23. The summed E-state index contributed by atoms with van der Waals surface area (Å²) in [5, 5.41) is 3.45. The van der Waals surface area contributed by atoms with E-state index < -0.39 is 0 Å². The predicted octanol–water partition coefficient (Wildman–Crippen LogP) is 5.31. The fourth-order valence-corrected chi connectivity index (χ4v) is 3.72. The number of carbonyl (C=O) groups excluding carboxylic acids is 2. The smallest absolute Gasteiger partial charge is 0.255 e. The van der Waals surface area contributed by atoms with Crippen molar-refractivity contribution in [3.05, 3.63) is 64.2 Å². The van der Waals surface area contributed by atoms with Crippen LogP contribution in [-0.4, -0.2) is 29.3 Å². The highest BCUT2D eigenvalue weighted by molar-refractivity contribution is 6.31. The molecule has 1 aliphatic rings. The van der Waals surface area contributed by atoms with Crippen molar-refractivity contribution >= 4 is 29.1 Å². The molecule has 0 aliphatic carbocycles. The lowest BCUT2D eigenvalue weighted by molar-refractivity contribution is 0.0607. The first-order valence-corrected chi connectivity index (χ1v) is 9.86. The number of benzene rings is 2. The summed E-state index contributed by atoms with van der Waals surface area (Å²) in [6, 6.07) is 12.6.